The van der Waals surface area contributed by atoms with Crippen molar-refractivity contribution in [2.75, 3.05) is 11.8 Å². The first-order chi connectivity index (χ1) is 8.06. The number of amides is 1. The lowest BCUT2D eigenvalue weighted by Gasteiger charge is -2.29. The van der Waals surface area contributed by atoms with E-state index >= 15 is 0 Å². The van der Waals surface area contributed by atoms with Crippen molar-refractivity contribution in [1.29, 1.82) is 0 Å². The summed E-state index contributed by atoms with van der Waals surface area (Å²) in [6.45, 7) is 1.88. The highest BCUT2D eigenvalue weighted by atomic mass is 35.5. The molecule has 0 saturated carbocycles. The van der Waals surface area contributed by atoms with E-state index in [1.165, 1.54) is 12.1 Å². The molecule has 0 aliphatic heterocycles. The third-order valence-corrected chi connectivity index (χ3v) is 3.50. The molecule has 0 saturated heterocycles. The van der Waals surface area contributed by atoms with Crippen molar-refractivity contribution in [3.63, 3.8) is 0 Å². The van der Waals surface area contributed by atoms with E-state index in [0.717, 1.165) is 0 Å². The van der Waals surface area contributed by atoms with Crippen molar-refractivity contribution < 1.29 is 4.79 Å². The Hall–Kier alpha value is -1.07. The Morgan fingerprint density at radius 1 is 1.47 bits per heavy atom. The van der Waals surface area contributed by atoms with Gasteiger partial charge in [0.1, 0.15) is 5.69 Å². The second kappa shape index (κ2) is 6.02. The van der Waals surface area contributed by atoms with Crippen LogP contribution >= 0.6 is 23.2 Å². The zero-order chi connectivity index (χ0) is 12.9. The van der Waals surface area contributed by atoms with Gasteiger partial charge in [-0.05, 0) is 12.5 Å². The molecule has 0 aliphatic carbocycles. The largest absolute Gasteiger partial charge is 0.343 e. The minimum Gasteiger partial charge on any atom is -0.343 e. The highest BCUT2D eigenvalue weighted by Gasteiger charge is 2.29. The van der Waals surface area contributed by atoms with E-state index in [1.807, 2.05) is 6.92 Å². The lowest BCUT2D eigenvalue weighted by Crippen LogP contribution is -2.51. The number of carbonyl (C=O) groups excluding carboxylic acids is 1. The molecule has 0 aliphatic rings. The molecule has 0 unspecified atom stereocenters. The minimum atomic E-state index is -0.655. The van der Waals surface area contributed by atoms with Crippen molar-refractivity contribution >= 4 is 29.1 Å². The van der Waals surface area contributed by atoms with Crippen LogP contribution in [0.3, 0.4) is 0 Å². The number of H-pyrrole nitrogens is 1. The van der Waals surface area contributed by atoms with Crippen LogP contribution in [0.2, 0.25) is 0 Å². The van der Waals surface area contributed by atoms with E-state index < -0.39 is 11.4 Å². The predicted molar refractivity (Wildman–Crippen MR) is 66.8 cm³/mol. The van der Waals surface area contributed by atoms with Gasteiger partial charge in [0, 0.05) is 17.8 Å². The SMILES string of the molecule is CCC(CCl)(CCl)NC(=O)c1ccc(=O)[nH]n1. The predicted octanol–water partition coefficient (Wildman–Crippen LogP) is 1.13. The zero-order valence-corrected chi connectivity index (χ0v) is 10.8. The lowest BCUT2D eigenvalue weighted by atomic mass is 10.0. The average Bonchev–Trinajstić information content (AvgIpc) is 2.37. The third-order valence-electron chi connectivity index (χ3n) is 2.48. The number of halogens is 2. The number of hydrogen-bond acceptors (Lipinski definition) is 3. The van der Waals surface area contributed by atoms with Crippen LogP contribution in [0.5, 0.6) is 0 Å². The Kier molecular flexibility index (Phi) is 4.96. The van der Waals surface area contributed by atoms with E-state index in [0.29, 0.717) is 6.42 Å². The van der Waals surface area contributed by atoms with E-state index in [4.69, 9.17) is 23.2 Å². The number of rotatable bonds is 5. The Labute approximate surface area is 109 Å². The molecule has 1 rings (SSSR count). The summed E-state index contributed by atoms with van der Waals surface area (Å²) in [5.74, 6) is 0.00823. The standard InChI is InChI=1S/C10H13Cl2N3O2/c1-2-10(5-11,6-12)13-9(17)7-3-4-8(16)15-14-7/h3-4H,2,5-6H2,1H3,(H,13,17)(H,15,16). The van der Waals surface area contributed by atoms with Crippen LogP contribution in [0.15, 0.2) is 16.9 Å². The molecule has 94 valence electrons. The van der Waals surface area contributed by atoms with Crippen molar-refractivity contribution in [1.82, 2.24) is 15.5 Å². The summed E-state index contributed by atoms with van der Waals surface area (Å²) in [5, 5.41) is 8.55. The fraction of sp³-hybridized carbons (Fsp3) is 0.500. The first-order valence-corrected chi connectivity index (χ1v) is 6.14. The third kappa shape index (κ3) is 3.44. The molecule has 1 amide bonds. The molecular weight excluding hydrogens is 265 g/mol. The molecule has 0 radical (unpaired) electrons. The van der Waals surface area contributed by atoms with Crippen LogP contribution in [0.1, 0.15) is 23.8 Å². The minimum absolute atomic E-state index is 0.123. The average molecular weight is 278 g/mol. The maximum Gasteiger partial charge on any atom is 0.272 e. The monoisotopic (exact) mass is 277 g/mol. The number of nitrogens with zero attached hydrogens (tertiary/aromatic N) is 1. The maximum absolute atomic E-state index is 11.8. The van der Waals surface area contributed by atoms with Crippen LogP contribution in [-0.4, -0.2) is 33.4 Å². The normalized spacial score (nSPS) is 11.2. The maximum atomic E-state index is 11.8. The molecule has 1 aromatic heterocycles. The van der Waals surface area contributed by atoms with Crippen molar-refractivity contribution in [3.05, 3.63) is 28.2 Å². The molecular formula is C10H13Cl2N3O2. The molecule has 1 heterocycles. The molecule has 0 fully saturated rings. The van der Waals surface area contributed by atoms with E-state index in [9.17, 15) is 9.59 Å². The van der Waals surface area contributed by atoms with Gasteiger partial charge in [0.25, 0.3) is 11.5 Å². The molecule has 2 N–H and O–H groups in total. The number of alkyl halides is 2. The molecule has 7 heteroatoms. The fourth-order valence-electron chi connectivity index (χ4n) is 1.16. The van der Waals surface area contributed by atoms with Crippen LogP contribution < -0.4 is 10.9 Å². The Morgan fingerprint density at radius 3 is 2.53 bits per heavy atom. The summed E-state index contributed by atoms with van der Waals surface area (Å²) in [6.07, 6.45) is 0.606. The van der Waals surface area contributed by atoms with Crippen molar-refractivity contribution in [3.8, 4) is 0 Å². The number of aromatic nitrogens is 2. The van der Waals surface area contributed by atoms with E-state index in [-0.39, 0.29) is 23.0 Å². The summed E-state index contributed by atoms with van der Waals surface area (Å²) in [6, 6.07) is 2.58. The molecule has 1 aromatic rings. The molecule has 5 nitrogen and oxygen atoms in total. The van der Waals surface area contributed by atoms with E-state index in [1.54, 1.807) is 0 Å². The van der Waals surface area contributed by atoms with Gasteiger partial charge in [0.05, 0.1) is 5.54 Å². The molecule has 0 atom stereocenters. The summed E-state index contributed by atoms with van der Waals surface area (Å²) in [5.41, 5.74) is -0.895. The number of carbonyl (C=O) groups is 1. The van der Waals surface area contributed by atoms with Gasteiger partial charge >= 0.3 is 0 Å². The van der Waals surface area contributed by atoms with Gasteiger partial charge in [-0.2, -0.15) is 5.10 Å². The van der Waals surface area contributed by atoms with Gasteiger partial charge in [0.15, 0.2) is 0 Å². The van der Waals surface area contributed by atoms with Gasteiger partial charge in [-0.15, -0.1) is 23.2 Å². The highest BCUT2D eigenvalue weighted by Crippen LogP contribution is 2.15. The summed E-state index contributed by atoms with van der Waals surface area (Å²) in [7, 11) is 0. The smallest absolute Gasteiger partial charge is 0.272 e. The Morgan fingerprint density at radius 2 is 2.12 bits per heavy atom. The van der Waals surface area contributed by atoms with Crippen LogP contribution in [0.4, 0.5) is 0 Å². The van der Waals surface area contributed by atoms with Gasteiger partial charge in [-0.3, -0.25) is 9.59 Å². The second-order valence-corrected chi connectivity index (χ2v) is 4.20. The lowest BCUT2D eigenvalue weighted by molar-refractivity contribution is 0.0907. The summed E-state index contributed by atoms with van der Waals surface area (Å²) in [4.78, 5) is 22.6. The number of nitrogens with one attached hydrogen (secondary N) is 2. The van der Waals surface area contributed by atoms with Crippen LogP contribution in [0, 0.1) is 0 Å². The van der Waals surface area contributed by atoms with Crippen LogP contribution in [0.25, 0.3) is 0 Å². The van der Waals surface area contributed by atoms with Gasteiger partial charge in [0.2, 0.25) is 0 Å². The second-order valence-electron chi connectivity index (χ2n) is 3.66. The van der Waals surface area contributed by atoms with Crippen molar-refractivity contribution in [2.24, 2.45) is 0 Å². The number of hydrogen-bond donors (Lipinski definition) is 2. The van der Waals surface area contributed by atoms with Gasteiger partial charge in [-0.25, -0.2) is 5.10 Å². The number of aromatic amines is 1. The van der Waals surface area contributed by atoms with Gasteiger partial charge in [-0.1, -0.05) is 6.92 Å². The fourth-order valence-corrected chi connectivity index (χ4v) is 1.95. The molecule has 17 heavy (non-hydrogen) atoms. The Balaban J connectivity index is 2.84. The van der Waals surface area contributed by atoms with E-state index in [2.05, 4.69) is 15.5 Å². The quantitative estimate of drug-likeness (QED) is 0.793. The molecule has 0 aromatic carbocycles. The topological polar surface area (TPSA) is 74.8 Å². The first-order valence-electron chi connectivity index (χ1n) is 5.07. The van der Waals surface area contributed by atoms with Gasteiger partial charge < -0.3 is 5.32 Å². The molecule has 0 bridgehead atoms. The summed E-state index contributed by atoms with van der Waals surface area (Å²) < 4.78 is 0. The highest BCUT2D eigenvalue weighted by molar-refractivity contribution is 6.22. The van der Waals surface area contributed by atoms with Crippen molar-refractivity contribution in [2.45, 2.75) is 18.9 Å². The zero-order valence-electron chi connectivity index (χ0n) is 9.30. The summed E-state index contributed by atoms with van der Waals surface area (Å²) >= 11 is 11.6. The first kappa shape index (κ1) is 14.0. The Bertz CT molecular complexity index is 415. The van der Waals surface area contributed by atoms with Crippen LogP contribution in [-0.2, 0) is 0 Å². The molecule has 0 spiro atoms.